The summed E-state index contributed by atoms with van der Waals surface area (Å²) in [5.41, 5.74) is 3.18. The molecule has 0 aliphatic carbocycles. The van der Waals surface area contributed by atoms with Crippen LogP contribution >= 0.6 is 0 Å². The summed E-state index contributed by atoms with van der Waals surface area (Å²) in [6, 6.07) is 6.66. The minimum atomic E-state index is -0.913. The number of rotatable bonds is 3. The lowest BCUT2D eigenvalue weighted by Crippen LogP contribution is -2.29. The number of halogens is 1. The number of carboxylic acids is 1. The number of hydrogen-bond donors (Lipinski definition) is 1. The third-order valence-corrected chi connectivity index (χ3v) is 3.68. The van der Waals surface area contributed by atoms with Crippen LogP contribution in [0.5, 0.6) is 0 Å². The lowest BCUT2D eigenvalue weighted by molar-refractivity contribution is 0.0696. The fourth-order valence-electron chi connectivity index (χ4n) is 2.74. The number of nitrogens with zero attached hydrogens (tertiary/aromatic N) is 2. The van der Waals surface area contributed by atoms with E-state index >= 15 is 0 Å². The molecule has 0 saturated carbocycles. The Kier molecular flexibility index (Phi) is 3.56. The van der Waals surface area contributed by atoms with Crippen molar-refractivity contribution in [1.29, 1.82) is 0 Å². The van der Waals surface area contributed by atoms with Crippen LogP contribution in [0, 0.1) is 5.82 Å². The van der Waals surface area contributed by atoms with Crippen molar-refractivity contribution in [1.82, 2.24) is 4.98 Å². The van der Waals surface area contributed by atoms with Gasteiger partial charge in [-0.1, -0.05) is 0 Å². The monoisotopic (exact) mass is 286 g/mol. The molecule has 2 aromatic rings. The van der Waals surface area contributed by atoms with Gasteiger partial charge in [0.05, 0.1) is 11.8 Å². The van der Waals surface area contributed by atoms with Gasteiger partial charge in [-0.2, -0.15) is 0 Å². The van der Waals surface area contributed by atoms with Gasteiger partial charge in [-0.25, -0.2) is 9.18 Å². The van der Waals surface area contributed by atoms with Gasteiger partial charge < -0.3 is 10.0 Å². The Morgan fingerprint density at radius 3 is 2.95 bits per heavy atom. The second-order valence-corrected chi connectivity index (χ2v) is 5.19. The normalized spacial score (nSPS) is 13.9. The Morgan fingerprint density at radius 1 is 1.33 bits per heavy atom. The summed E-state index contributed by atoms with van der Waals surface area (Å²) in [4.78, 5) is 17.0. The SMILES string of the molecule is O=C(O)c1ccc2c(c1)CCCN2Cc1cncc(F)c1. The molecule has 4 nitrogen and oxygen atoms in total. The average Bonchev–Trinajstić information content (AvgIpc) is 2.47. The lowest BCUT2D eigenvalue weighted by atomic mass is 9.99. The number of aryl methyl sites for hydroxylation is 1. The molecule has 1 N–H and O–H groups in total. The Morgan fingerprint density at radius 2 is 2.19 bits per heavy atom. The van der Waals surface area contributed by atoms with E-state index in [0.29, 0.717) is 12.1 Å². The quantitative estimate of drug-likeness (QED) is 0.942. The van der Waals surface area contributed by atoms with Gasteiger partial charge in [0.2, 0.25) is 0 Å². The molecule has 5 heteroatoms. The number of hydrogen-bond acceptors (Lipinski definition) is 3. The summed E-state index contributed by atoms with van der Waals surface area (Å²) < 4.78 is 13.2. The fourth-order valence-corrected chi connectivity index (χ4v) is 2.74. The Bertz CT molecular complexity index is 688. The maximum absolute atomic E-state index is 13.2. The van der Waals surface area contributed by atoms with Gasteiger partial charge in [0.15, 0.2) is 0 Å². The largest absolute Gasteiger partial charge is 0.478 e. The van der Waals surface area contributed by atoms with Crippen LogP contribution < -0.4 is 4.90 Å². The first kappa shape index (κ1) is 13.5. The number of carboxylic acid groups (broad SMARTS) is 1. The average molecular weight is 286 g/mol. The molecule has 1 aromatic carbocycles. The van der Waals surface area contributed by atoms with E-state index in [1.165, 1.54) is 12.3 Å². The van der Waals surface area contributed by atoms with Crippen molar-refractivity contribution in [2.45, 2.75) is 19.4 Å². The minimum Gasteiger partial charge on any atom is -0.478 e. The summed E-state index contributed by atoms with van der Waals surface area (Å²) in [5.74, 6) is -1.25. The summed E-state index contributed by atoms with van der Waals surface area (Å²) in [7, 11) is 0. The molecular weight excluding hydrogens is 271 g/mol. The predicted molar refractivity (Wildman–Crippen MR) is 77.0 cm³/mol. The first-order valence-electron chi connectivity index (χ1n) is 6.84. The van der Waals surface area contributed by atoms with Gasteiger partial charge in [0.1, 0.15) is 5.82 Å². The number of anilines is 1. The van der Waals surface area contributed by atoms with Crippen molar-refractivity contribution in [3.05, 3.63) is 59.2 Å². The van der Waals surface area contributed by atoms with E-state index in [0.717, 1.165) is 36.2 Å². The highest BCUT2D eigenvalue weighted by molar-refractivity contribution is 5.88. The van der Waals surface area contributed by atoms with Crippen molar-refractivity contribution in [2.75, 3.05) is 11.4 Å². The number of fused-ring (bicyclic) bond motifs is 1. The molecule has 1 aliphatic heterocycles. The predicted octanol–water partition coefficient (Wildman–Crippen LogP) is 2.87. The molecule has 1 aromatic heterocycles. The summed E-state index contributed by atoms with van der Waals surface area (Å²) >= 11 is 0. The van der Waals surface area contributed by atoms with Crippen LogP contribution in [-0.4, -0.2) is 22.6 Å². The van der Waals surface area contributed by atoms with Crippen molar-refractivity contribution >= 4 is 11.7 Å². The highest BCUT2D eigenvalue weighted by Crippen LogP contribution is 2.29. The zero-order valence-electron chi connectivity index (χ0n) is 11.4. The molecule has 0 radical (unpaired) electrons. The second-order valence-electron chi connectivity index (χ2n) is 5.19. The Labute approximate surface area is 121 Å². The molecule has 21 heavy (non-hydrogen) atoms. The molecule has 3 rings (SSSR count). The molecule has 0 unspecified atom stereocenters. The van der Waals surface area contributed by atoms with E-state index in [-0.39, 0.29) is 5.82 Å². The van der Waals surface area contributed by atoms with Crippen molar-refractivity contribution in [3.8, 4) is 0 Å². The first-order valence-corrected chi connectivity index (χ1v) is 6.84. The standard InChI is InChI=1S/C16H15FN2O2/c17-14-6-11(8-18-9-14)10-19-5-1-2-12-7-13(16(20)21)3-4-15(12)19/h3-4,6-9H,1-2,5,10H2,(H,20,21). The smallest absolute Gasteiger partial charge is 0.335 e. The van der Waals surface area contributed by atoms with Gasteiger partial charge in [-0.05, 0) is 48.2 Å². The van der Waals surface area contributed by atoms with E-state index in [2.05, 4.69) is 9.88 Å². The van der Waals surface area contributed by atoms with Crippen molar-refractivity contribution in [3.63, 3.8) is 0 Å². The molecule has 2 heterocycles. The summed E-state index contributed by atoms with van der Waals surface area (Å²) in [6.07, 6.45) is 4.67. The van der Waals surface area contributed by atoms with Crippen molar-refractivity contribution < 1.29 is 14.3 Å². The Balaban J connectivity index is 1.88. The van der Waals surface area contributed by atoms with Crippen LogP contribution in [0.15, 0.2) is 36.7 Å². The van der Waals surface area contributed by atoms with Gasteiger partial charge in [-0.3, -0.25) is 4.98 Å². The van der Waals surface area contributed by atoms with Gasteiger partial charge in [0, 0.05) is 25.0 Å². The molecule has 108 valence electrons. The second kappa shape index (κ2) is 5.52. The van der Waals surface area contributed by atoms with E-state index in [4.69, 9.17) is 5.11 Å². The molecule has 0 atom stereocenters. The van der Waals surface area contributed by atoms with Crippen LogP contribution in [0.2, 0.25) is 0 Å². The number of aromatic nitrogens is 1. The van der Waals surface area contributed by atoms with Crippen LogP contribution in [0.25, 0.3) is 0 Å². The molecule has 0 bridgehead atoms. The molecule has 0 fully saturated rings. The van der Waals surface area contributed by atoms with E-state index in [1.54, 1.807) is 18.3 Å². The zero-order chi connectivity index (χ0) is 14.8. The van der Waals surface area contributed by atoms with Crippen LogP contribution in [0.1, 0.15) is 27.9 Å². The molecule has 1 aliphatic rings. The van der Waals surface area contributed by atoms with E-state index < -0.39 is 5.97 Å². The minimum absolute atomic E-state index is 0.308. The number of pyridine rings is 1. The lowest BCUT2D eigenvalue weighted by Gasteiger charge is -2.31. The highest BCUT2D eigenvalue weighted by atomic mass is 19.1. The third-order valence-electron chi connectivity index (χ3n) is 3.68. The van der Waals surface area contributed by atoms with Gasteiger partial charge in [0.25, 0.3) is 0 Å². The molecule has 0 spiro atoms. The van der Waals surface area contributed by atoms with Crippen molar-refractivity contribution in [2.24, 2.45) is 0 Å². The van der Waals surface area contributed by atoms with E-state index in [9.17, 15) is 9.18 Å². The third kappa shape index (κ3) is 2.86. The molecule has 0 amide bonds. The summed E-state index contributed by atoms with van der Waals surface area (Å²) in [6.45, 7) is 1.44. The number of carbonyl (C=O) groups is 1. The summed E-state index contributed by atoms with van der Waals surface area (Å²) in [5, 5.41) is 9.05. The Hall–Kier alpha value is -2.43. The maximum Gasteiger partial charge on any atom is 0.335 e. The highest BCUT2D eigenvalue weighted by Gasteiger charge is 2.18. The number of aromatic carboxylic acids is 1. The maximum atomic E-state index is 13.2. The van der Waals surface area contributed by atoms with Crippen LogP contribution in [-0.2, 0) is 13.0 Å². The van der Waals surface area contributed by atoms with Gasteiger partial charge >= 0.3 is 5.97 Å². The zero-order valence-corrected chi connectivity index (χ0v) is 11.4. The molecule has 0 saturated heterocycles. The topological polar surface area (TPSA) is 53.4 Å². The first-order chi connectivity index (χ1) is 10.1. The van der Waals surface area contributed by atoms with Gasteiger partial charge in [-0.15, -0.1) is 0 Å². The van der Waals surface area contributed by atoms with Crippen LogP contribution in [0.3, 0.4) is 0 Å². The van der Waals surface area contributed by atoms with E-state index in [1.807, 2.05) is 6.07 Å². The van der Waals surface area contributed by atoms with Crippen LogP contribution in [0.4, 0.5) is 10.1 Å². The molecular formula is C16H15FN2O2. The number of benzene rings is 1. The fraction of sp³-hybridized carbons (Fsp3) is 0.250.